The van der Waals surface area contributed by atoms with Gasteiger partial charge in [0.05, 0.1) is 17.4 Å². The van der Waals surface area contributed by atoms with Crippen LogP contribution in [0.5, 0.6) is 0 Å². The maximum Gasteiger partial charge on any atom is 0.123 e. The molecule has 1 aliphatic heterocycles. The molecule has 3 aromatic carbocycles. The maximum atomic E-state index is 13.4. The highest BCUT2D eigenvalue weighted by molar-refractivity contribution is 6.30. The molecule has 4 rings (SSSR count). The Hall–Kier alpha value is -2.62. The standard InChI is InChI=1S/C23H17Cl2FN2/c24-18-6-1-16(2-7-18)3-12-21-15-23(17-4-8-19(25)9-5-17)28(27-21)22-13-10-20(26)11-14-22/h1-14,23H,15H2/t23-/m0/s1. The van der Waals surface area contributed by atoms with Gasteiger partial charge in [0.1, 0.15) is 5.82 Å². The van der Waals surface area contributed by atoms with Crippen molar-refractivity contribution >= 4 is 40.7 Å². The van der Waals surface area contributed by atoms with E-state index in [0.717, 1.165) is 28.9 Å². The summed E-state index contributed by atoms with van der Waals surface area (Å²) in [6.45, 7) is 0. The van der Waals surface area contributed by atoms with E-state index in [1.54, 1.807) is 12.1 Å². The summed E-state index contributed by atoms with van der Waals surface area (Å²) in [4.78, 5) is 0. The lowest BCUT2D eigenvalue weighted by Gasteiger charge is -2.24. The van der Waals surface area contributed by atoms with E-state index in [1.165, 1.54) is 12.1 Å². The molecule has 140 valence electrons. The van der Waals surface area contributed by atoms with Crippen LogP contribution >= 0.6 is 23.2 Å². The maximum absolute atomic E-state index is 13.4. The average molecular weight is 411 g/mol. The third-order valence-electron chi connectivity index (χ3n) is 4.62. The summed E-state index contributed by atoms with van der Waals surface area (Å²) in [5.41, 5.74) is 3.94. The molecule has 3 aromatic rings. The fourth-order valence-electron chi connectivity index (χ4n) is 3.18. The van der Waals surface area contributed by atoms with Crippen LogP contribution in [0.15, 0.2) is 84.0 Å². The van der Waals surface area contributed by atoms with E-state index in [-0.39, 0.29) is 11.9 Å². The van der Waals surface area contributed by atoms with E-state index in [0.29, 0.717) is 10.0 Å². The third kappa shape index (κ3) is 4.27. The summed E-state index contributed by atoms with van der Waals surface area (Å²) in [6.07, 6.45) is 4.76. The van der Waals surface area contributed by atoms with Crippen LogP contribution in [0.25, 0.3) is 6.08 Å². The topological polar surface area (TPSA) is 15.6 Å². The first-order valence-electron chi connectivity index (χ1n) is 8.90. The number of hydrazone groups is 1. The summed E-state index contributed by atoms with van der Waals surface area (Å²) < 4.78 is 13.4. The van der Waals surface area contributed by atoms with Gasteiger partial charge in [0.15, 0.2) is 0 Å². The molecule has 0 N–H and O–H groups in total. The van der Waals surface area contributed by atoms with E-state index < -0.39 is 0 Å². The van der Waals surface area contributed by atoms with Crippen LogP contribution in [0.1, 0.15) is 23.6 Å². The minimum atomic E-state index is -0.266. The van der Waals surface area contributed by atoms with Crippen LogP contribution in [0.2, 0.25) is 10.0 Å². The SMILES string of the molecule is Fc1ccc(N2N=C(C=Cc3ccc(Cl)cc3)C[C@H]2c2ccc(Cl)cc2)cc1. The van der Waals surface area contributed by atoms with E-state index in [2.05, 4.69) is 0 Å². The van der Waals surface area contributed by atoms with Gasteiger partial charge in [-0.15, -0.1) is 0 Å². The van der Waals surface area contributed by atoms with Gasteiger partial charge >= 0.3 is 0 Å². The highest BCUT2D eigenvalue weighted by atomic mass is 35.5. The van der Waals surface area contributed by atoms with Crippen molar-refractivity contribution in [3.63, 3.8) is 0 Å². The summed E-state index contributed by atoms with van der Waals surface area (Å²) >= 11 is 12.0. The van der Waals surface area contributed by atoms with Gasteiger partial charge in [-0.3, -0.25) is 5.01 Å². The van der Waals surface area contributed by atoms with Gasteiger partial charge in [0, 0.05) is 16.5 Å². The molecule has 0 unspecified atom stereocenters. The molecular weight excluding hydrogens is 394 g/mol. The van der Waals surface area contributed by atoms with Crippen LogP contribution in [0.4, 0.5) is 10.1 Å². The Balaban J connectivity index is 1.64. The van der Waals surface area contributed by atoms with Crippen LogP contribution in [-0.4, -0.2) is 5.71 Å². The number of benzene rings is 3. The lowest BCUT2D eigenvalue weighted by molar-refractivity contribution is 0.626. The van der Waals surface area contributed by atoms with E-state index in [9.17, 15) is 4.39 Å². The molecule has 0 aliphatic carbocycles. The lowest BCUT2D eigenvalue weighted by Crippen LogP contribution is -2.18. The number of halogens is 3. The van der Waals surface area contributed by atoms with Crippen molar-refractivity contribution in [2.75, 3.05) is 5.01 Å². The first kappa shape index (κ1) is 18.7. The molecule has 0 fully saturated rings. The zero-order valence-corrected chi connectivity index (χ0v) is 16.4. The van der Waals surface area contributed by atoms with Crippen molar-refractivity contribution < 1.29 is 4.39 Å². The summed E-state index contributed by atoms with van der Waals surface area (Å²) in [6, 6.07) is 21.8. The molecule has 0 saturated heterocycles. The Kier molecular flexibility index (Phi) is 5.47. The lowest BCUT2D eigenvalue weighted by atomic mass is 10.0. The fourth-order valence-corrected chi connectivity index (χ4v) is 3.43. The summed E-state index contributed by atoms with van der Waals surface area (Å²) in [5.74, 6) is -0.266. The minimum Gasteiger partial charge on any atom is -0.257 e. The quantitative estimate of drug-likeness (QED) is 0.445. The largest absolute Gasteiger partial charge is 0.257 e. The van der Waals surface area contributed by atoms with Crippen LogP contribution < -0.4 is 5.01 Å². The second-order valence-corrected chi connectivity index (χ2v) is 7.44. The number of hydrogen-bond acceptors (Lipinski definition) is 2. The van der Waals surface area contributed by atoms with Gasteiger partial charge in [-0.05, 0) is 65.7 Å². The van der Waals surface area contributed by atoms with Gasteiger partial charge < -0.3 is 0 Å². The van der Waals surface area contributed by atoms with Crippen molar-refractivity contribution in [3.8, 4) is 0 Å². The van der Waals surface area contributed by atoms with Gasteiger partial charge in [-0.25, -0.2) is 4.39 Å². The second-order valence-electron chi connectivity index (χ2n) is 6.57. The normalized spacial score (nSPS) is 16.6. The zero-order valence-electron chi connectivity index (χ0n) is 14.9. The van der Waals surface area contributed by atoms with Gasteiger partial charge in [-0.1, -0.05) is 53.5 Å². The first-order chi connectivity index (χ1) is 13.6. The Morgan fingerprint density at radius 1 is 0.821 bits per heavy atom. The highest BCUT2D eigenvalue weighted by Gasteiger charge is 2.28. The van der Waals surface area contributed by atoms with Gasteiger partial charge in [-0.2, -0.15) is 5.10 Å². The minimum absolute atomic E-state index is 0.0209. The Morgan fingerprint density at radius 2 is 1.43 bits per heavy atom. The van der Waals surface area contributed by atoms with Crippen LogP contribution in [0, 0.1) is 5.82 Å². The van der Waals surface area contributed by atoms with Crippen LogP contribution in [0.3, 0.4) is 0 Å². The van der Waals surface area contributed by atoms with Crippen molar-refractivity contribution in [2.24, 2.45) is 5.10 Å². The fraction of sp³-hybridized carbons (Fsp3) is 0.0870. The highest BCUT2D eigenvalue weighted by Crippen LogP contribution is 2.36. The van der Waals surface area contributed by atoms with E-state index in [4.69, 9.17) is 28.3 Å². The molecule has 0 spiro atoms. The predicted molar refractivity (Wildman–Crippen MR) is 116 cm³/mol. The predicted octanol–water partition coefficient (Wildman–Crippen LogP) is 7.15. The Labute approximate surface area is 173 Å². The molecule has 5 heteroatoms. The number of allylic oxidation sites excluding steroid dienone is 1. The van der Waals surface area contributed by atoms with Crippen molar-refractivity contribution in [1.82, 2.24) is 0 Å². The molecule has 28 heavy (non-hydrogen) atoms. The molecule has 0 bridgehead atoms. The third-order valence-corrected chi connectivity index (χ3v) is 5.12. The number of nitrogens with zero attached hydrogens (tertiary/aromatic N) is 2. The number of anilines is 1. The van der Waals surface area contributed by atoms with Gasteiger partial charge in [0.25, 0.3) is 0 Å². The Morgan fingerprint density at radius 3 is 2.07 bits per heavy atom. The molecule has 1 aliphatic rings. The second kappa shape index (κ2) is 8.17. The van der Waals surface area contributed by atoms with Crippen molar-refractivity contribution in [2.45, 2.75) is 12.5 Å². The molecule has 1 heterocycles. The molecule has 0 radical (unpaired) electrons. The molecule has 2 nitrogen and oxygen atoms in total. The summed E-state index contributed by atoms with van der Waals surface area (Å²) in [5, 5.41) is 8.12. The Bertz CT molecular complexity index is 1010. The summed E-state index contributed by atoms with van der Waals surface area (Å²) in [7, 11) is 0. The first-order valence-corrected chi connectivity index (χ1v) is 9.65. The smallest absolute Gasteiger partial charge is 0.123 e. The van der Waals surface area contributed by atoms with Gasteiger partial charge in [0.2, 0.25) is 0 Å². The number of rotatable bonds is 4. The molecule has 0 aromatic heterocycles. The van der Waals surface area contributed by atoms with Crippen LogP contribution in [-0.2, 0) is 0 Å². The zero-order chi connectivity index (χ0) is 19.5. The van der Waals surface area contributed by atoms with E-state index in [1.807, 2.05) is 65.7 Å². The van der Waals surface area contributed by atoms with Crippen molar-refractivity contribution in [3.05, 3.63) is 106 Å². The average Bonchev–Trinajstić information content (AvgIpc) is 3.13. The van der Waals surface area contributed by atoms with Crippen molar-refractivity contribution in [1.29, 1.82) is 0 Å². The molecule has 0 saturated carbocycles. The molecular formula is C23H17Cl2FN2. The monoisotopic (exact) mass is 410 g/mol. The molecule has 1 atom stereocenters. The van der Waals surface area contributed by atoms with E-state index >= 15 is 0 Å². The molecule has 0 amide bonds. The number of hydrogen-bond donors (Lipinski definition) is 0.